The molecule has 2 fully saturated rings. The van der Waals surface area contributed by atoms with Crippen LogP contribution in [-0.2, 0) is 14.8 Å². The van der Waals surface area contributed by atoms with E-state index in [1.807, 2.05) is 13.0 Å². The summed E-state index contributed by atoms with van der Waals surface area (Å²) in [4.78, 5) is 13.6. The zero-order chi connectivity index (χ0) is 16.4. The molecule has 1 atom stereocenters. The van der Waals surface area contributed by atoms with Gasteiger partial charge in [0.05, 0.1) is 0 Å². The van der Waals surface area contributed by atoms with Gasteiger partial charge in [0, 0.05) is 17.5 Å². The fourth-order valence-corrected chi connectivity index (χ4v) is 6.57. The molecular formula is C16H24N2O3S2. The molecule has 0 radical (unpaired) electrons. The van der Waals surface area contributed by atoms with Gasteiger partial charge in [-0.05, 0) is 44.7 Å². The molecule has 5 nitrogen and oxygen atoms in total. The average molecular weight is 357 g/mol. The van der Waals surface area contributed by atoms with E-state index in [1.165, 1.54) is 22.1 Å². The Morgan fingerprint density at radius 2 is 1.91 bits per heavy atom. The molecule has 1 aromatic heterocycles. The van der Waals surface area contributed by atoms with Gasteiger partial charge in [0.25, 0.3) is 10.0 Å². The van der Waals surface area contributed by atoms with Gasteiger partial charge in [-0.25, -0.2) is 8.42 Å². The molecule has 2 aliphatic rings. The zero-order valence-corrected chi connectivity index (χ0v) is 15.1. The van der Waals surface area contributed by atoms with E-state index in [0.717, 1.165) is 37.0 Å². The van der Waals surface area contributed by atoms with Gasteiger partial charge in [-0.2, -0.15) is 4.31 Å². The van der Waals surface area contributed by atoms with Gasteiger partial charge < -0.3 is 5.32 Å². The van der Waals surface area contributed by atoms with E-state index in [2.05, 4.69) is 5.32 Å². The number of hydrogen-bond donors (Lipinski definition) is 1. The van der Waals surface area contributed by atoms with Crippen LogP contribution < -0.4 is 5.32 Å². The predicted molar refractivity (Wildman–Crippen MR) is 91.0 cm³/mol. The van der Waals surface area contributed by atoms with Gasteiger partial charge in [-0.15, -0.1) is 11.3 Å². The van der Waals surface area contributed by atoms with Crippen molar-refractivity contribution in [2.75, 3.05) is 6.54 Å². The van der Waals surface area contributed by atoms with Crippen LogP contribution in [0.5, 0.6) is 0 Å². The van der Waals surface area contributed by atoms with E-state index in [1.54, 1.807) is 6.07 Å². The Balaban J connectivity index is 1.73. The molecular weight excluding hydrogens is 332 g/mol. The second kappa shape index (κ2) is 6.91. The highest BCUT2D eigenvalue weighted by molar-refractivity contribution is 7.91. The SMILES string of the molecule is Cc1ccc(S(=O)(=O)N2CCC[C@H]2C(=O)NC2CCCCC2)s1. The van der Waals surface area contributed by atoms with E-state index >= 15 is 0 Å². The molecule has 1 saturated carbocycles. The lowest BCUT2D eigenvalue weighted by molar-refractivity contribution is -0.125. The van der Waals surface area contributed by atoms with E-state index in [0.29, 0.717) is 17.2 Å². The van der Waals surface area contributed by atoms with Crippen LogP contribution in [0.3, 0.4) is 0 Å². The van der Waals surface area contributed by atoms with Crippen LogP contribution in [0.2, 0.25) is 0 Å². The van der Waals surface area contributed by atoms with E-state index in [4.69, 9.17) is 0 Å². The number of thiophene rings is 1. The Labute approximate surface area is 142 Å². The summed E-state index contributed by atoms with van der Waals surface area (Å²) in [6.45, 7) is 2.32. The molecule has 1 saturated heterocycles. The molecule has 1 N–H and O–H groups in total. The number of nitrogens with one attached hydrogen (secondary N) is 1. The number of sulfonamides is 1. The molecule has 0 bridgehead atoms. The number of hydrogen-bond acceptors (Lipinski definition) is 4. The maximum absolute atomic E-state index is 12.8. The number of carbonyl (C=O) groups excluding carboxylic acids is 1. The second-order valence-corrected chi connectivity index (χ2v) is 9.89. The van der Waals surface area contributed by atoms with Gasteiger partial charge in [0.2, 0.25) is 5.91 Å². The van der Waals surface area contributed by atoms with E-state index in [-0.39, 0.29) is 11.9 Å². The van der Waals surface area contributed by atoms with Crippen LogP contribution in [0, 0.1) is 6.92 Å². The van der Waals surface area contributed by atoms with Crippen molar-refractivity contribution in [3.63, 3.8) is 0 Å². The summed E-state index contributed by atoms with van der Waals surface area (Å²) in [5.41, 5.74) is 0. The topological polar surface area (TPSA) is 66.5 Å². The first-order chi connectivity index (χ1) is 11.0. The fourth-order valence-electron chi connectivity index (χ4n) is 3.50. The van der Waals surface area contributed by atoms with Crippen molar-refractivity contribution < 1.29 is 13.2 Å². The van der Waals surface area contributed by atoms with E-state index < -0.39 is 16.1 Å². The molecule has 128 valence electrons. The van der Waals surface area contributed by atoms with Crippen molar-refractivity contribution in [3.05, 3.63) is 17.0 Å². The van der Waals surface area contributed by atoms with Crippen LogP contribution in [0.4, 0.5) is 0 Å². The minimum atomic E-state index is -3.56. The third-order valence-electron chi connectivity index (χ3n) is 4.74. The standard InChI is InChI=1S/C16H24N2O3S2/c1-12-9-10-15(22-12)23(20,21)18-11-5-8-14(18)16(19)17-13-6-3-2-4-7-13/h9-10,13-14H,2-8,11H2,1H3,(H,17,19)/t14-/m0/s1. The van der Waals surface area contributed by atoms with Gasteiger partial charge in [-0.1, -0.05) is 19.3 Å². The van der Waals surface area contributed by atoms with Crippen molar-refractivity contribution in [2.45, 2.75) is 68.2 Å². The molecule has 1 amide bonds. The fraction of sp³-hybridized carbons (Fsp3) is 0.688. The largest absolute Gasteiger partial charge is 0.352 e. The Hall–Kier alpha value is -0.920. The molecule has 1 aliphatic carbocycles. The van der Waals surface area contributed by atoms with Crippen LogP contribution in [0.15, 0.2) is 16.3 Å². The van der Waals surface area contributed by atoms with Gasteiger partial charge in [-0.3, -0.25) is 4.79 Å². The Bertz CT molecular complexity index is 663. The maximum atomic E-state index is 12.8. The summed E-state index contributed by atoms with van der Waals surface area (Å²) in [7, 11) is -3.56. The lowest BCUT2D eigenvalue weighted by Gasteiger charge is -2.27. The van der Waals surface area contributed by atoms with Crippen molar-refractivity contribution >= 4 is 27.3 Å². The summed E-state index contributed by atoms with van der Waals surface area (Å²) in [6.07, 6.45) is 6.89. The highest BCUT2D eigenvalue weighted by atomic mass is 32.2. The minimum Gasteiger partial charge on any atom is -0.352 e. The quantitative estimate of drug-likeness (QED) is 0.902. The number of aryl methyl sites for hydroxylation is 1. The van der Waals surface area contributed by atoms with Crippen LogP contribution in [0.1, 0.15) is 49.8 Å². The Morgan fingerprint density at radius 3 is 2.57 bits per heavy atom. The summed E-state index contributed by atoms with van der Waals surface area (Å²) in [6, 6.07) is 3.11. The zero-order valence-electron chi connectivity index (χ0n) is 13.5. The molecule has 0 aromatic carbocycles. The summed E-state index contributed by atoms with van der Waals surface area (Å²) >= 11 is 1.27. The Kier molecular flexibility index (Phi) is 5.08. The third kappa shape index (κ3) is 3.61. The first-order valence-corrected chi connectivity index (χ1v) is 10.6. The molecule has 0 spiro atoms. The maximum Gasteiger partial charge on any atom is 0.253 e. The Morgan fingerprint density at radius 1 is 1.17 bits per heavy atom. The number of nitrogens with zero attached hydrogens (tertiary/aromatic N) is 1. The van der Waals surface area contributed by atoms with Crippen LogP contribution in [-0.4, -0.2) is 37.3 Å². The van der Waals surface area contributed by atoms with Gasteiger partial charge in [0.15, 0.2) is 0 Å². The summed E-state index contributed by atoms with van der Waals surface area (Å²) in [5, 5.41) is 3.08. The first kappa shape index (κ1) is 16.9. The number of carbonyl (C=O) groups is 1. The molecule has 1 aliphatic heterocycles. The predicted octanol–water partition coefficient (Wildman–Crippen LogP) is 2.66. The molecule has 2 heterocycles. The number of amides is 1. The van der Waals surface area contributed by atoms with Crippen molar-refractivity contribution in [2.24, 2.45) is 0 Å². The highest BCUT2D eigenvalue weighted by Gasteiger charge is 2.40. The summed E-state index contributed by atoms with van der Waals surface area (Å²) in [5.74, 6) is -0.119. The monoisotopic (exact) mass is 356 g/mol. The van der Waals surface area contributed by atoms with Crippen LogP contribution in [0.25, 0.3) is 0 Å². The minimum absolute atomic E-state index is 0.119. The normalized spacial score (nSPS) is 24.0. The first-order valence-electron chi connectivity index (χ1n) is 8.37. The summed E-state index contributed by atoms with van der Waals surface area (Å²) < 4.78 is 27.4. The molecule has 1 aromatic rings. The van der Waals surface area contributed by atoms with Crippen molar-refractivity contribution in [3.8, 4) is 0 Å². The highest BCUT2D eigenvalue weighted by Crippen LogP contribution is 2.30. The van der Waals surface area contributed by atoms with E-state index in [9.17, 15) is 13.2 Å². The molecule has 3 rings (SSSR count). The number of rotatable bonds is 4. The van der Waals surface area contributed by atoms with Gasteiger partial charge >= 0.3 is 0 Å². The molecule has 0 unspecified atom stereocenters. The van der Waals surface area contributed by atoms with Crippen molar-refractivity contribution in [1.29, 1.82) is 0 Å². The van der Waals surface area contributed by atoms with Crippen molar-refractivity contribution in [1.82, 2.24) is 9.62 Å². The third-order valence-corrected chi connectivity index (χ3v) is 8.11. The van der Waals surface area contributed by atoms with Crippen LogP contribution >= 0.6 is 11.3 Å². The second-order valence-electron chi connectivity index (χ2n) is 6.48. The lowest BCUT2D eigenvalue weighted by Crippen LogP contribution is -2.49. The molecule has 23 heavy (non-hydrogen) atoms. The smallest absolute Gasteiger partial charge is 0.253 e. The average Bonchev–Trinajstić information content (AvgIpc) is 3.17. The lowest BCUT2D eigenvalue weighted by atomic mass is 9.95. The van der Waals surface area contributed by atoms with Gasteiger partial charge in [0.1, 0.15) is 10.3 Å². The molecule has 7 heteroatoms.